The molecule has 0 spiro atoms. The summed E-state index contributed by atoms with van der Waals surface area (Å²) in [6.45, 7) is 0. The van der Waals surface area contributed by atoms with Crippen molar-refractivity contribution in [3.8, 4) is 11.4 Å². The highest BCUT2D eigenvalue weighted by Gasteiger charge is 2.38. The van der Waals surface area contributed by atoms with Gasteiger partial charge in [0.25, 0.3) is 0 Å². The van der Waals surface area contributed by atoms with Gasteiger partial charge in [-0.05, 0) is 61.1 Å². The Bertz CT molecular complexity index is 651. The van der Waals surface area contributed by atoms with Gasteiger partial charge in [-0.1, -0.05) is 11.6 Å². The van der Waals surface area contributed by atoms with Crippen molar-refractivity contribution >= 4 is 11.2 Å². The average Bonchev–Trinajstić information content (AvgIpc) is 3.05. The Labute approximate surface area is 134 Å². The Morgan fingerprint density at radius 3 is 2.30 bits per heavy atom. The third kappa shape index (κ3) is 3.69. The molecule has 1 aliphatic rings. The van der Waals surface area contributed by atoms with Gasteiger partial charge >= 0.3 is 12.1 Å². The fraction of sp³-hybridized carbons (Fsp3) is 0.467. The maximum absolute atomic E-state index is 12.5. The topological polar surface area (TPSA) is 62.0 Å². The Morgan fingerprint density at radius 1 is 1.09 bits per heavy atom. The van der Waals surface area contributed by atoms with Gasteiger partial charge in [0.1, 0.15) is 5.25 Å². The number of rotatable bonds is 3. The van der Waals surface area contributed by atoms with E-state index in [0.29, 0.717) is 10.5 Å². The lowest BCUT2D eigenvalue weighted by Gasteiger charge is -2.24. The molecular formula is C15H15F3N2O2S. The summed E-state index contributed by atoms with van der Waals surface area (Å²) in [6, 6.07) is 6.45. The van der Waals surface area contributed by atoms with Crippen LogP contribution in [0, 0.1) is 0 Å². The lowest BCUT2D eigenvalue weighted by atomic mass is 10.0. The Hall–Kier alpha value is -1.54. The standard InChI is InChI=1S/C15H15F3N2O2S/c16-15(17,18)14-19-13(20-22-14)10-6-8-12(9-7-10)23(21)11-4-2-1-3-5-11/h6-9,11H,1-5H2. The van der Waals surface area contributed by atoms with E-state index in [-0.39, 0.29) is 11.1 Å². The van der Waals surface area contributed by atoms with E-state index in [0.717, 1.165) is 25.7 Å². The third-order valence-corrected chi connectivity index (χ3v) is 5.68. The number of hydrogen-bond acceptors (Lipinski definition) is 4. The van der Waals surface area contributed by atoms with Crippen LogP contribution in [0.2, 0.25) is 0 Å². The Morgan fingerprint density at radius 2 is 1.74 bits per heavy atom. The van der Waals surface area contributed by atoms with Crippen LogP contribution in [0.15, 0.2) is 33.7 Å². The third-order valence-electron chi connectivity index (χ3n) is 3.87. The number of halogens is 3. The molecule has 1 fully saturated rings. The van der Waals surface area contributed by atoms with Gasteiger partial charge in [0.05, 0.1) is 0 Å². The largest absolute Gasteiger partial charge is 0.611 e. The van der Waals surface area contributed by atoms with Crippen molar-refractivity contribution in [3.63, 3.8) is 0 Å². The van der Waals surface area contributed by atoms with Gasteiger partial charge in [-0.3, -0.25) is 0 Å². The summed E-state index contributed by atoms with van der Waals surface area (Å²) in [5.74, 6) is -1.50. The molecule has 3 rings (SSSR count). The molecule has 4 nitrogen and oxygen atoms in total. The van der Waals surface area contributed by atoms with Gasteiger partial charge in [0.15, 0.2) is 4.90 Å². The second-order valence-electron chi connectivity index (χ2n) is 5.50. The van der Waals surface area contributed by atoms with Crippen molar-refractivity contribution in [3.05, 3.63) is 30.2 Å². The van der Waals surface area contributed by atoms with Crippen molar-refractivity contribution in [1.82, 2.24) is 10.1 Å². The van der Waals surface area contributed by atoms with E-state index in [9.17, 15) is 17.7 Å². The number of aromatic nitrogens is 2. The quantitative estimate of drug-likeness (QED) is 0.783. The lowest BCUT2D eigenvalue weighted by molar-refractivity contribution is -0.159. The van der Waals surface area contributed by atoms with E-state index in [1.54, 1.807) is 24.3 Å². The van der Waals surface area contributed by atoms with Crippen LogP contribution in [0.3, 0.4) is 0 Å². The molecular weight excluding hydrogens is 329 g/mol. The molecule has 124 valence electrons. The van der Waals surface area contributed by atoms with Gasteiger partial charge in [0, 0.05) is 5.56 Å². The zero-order valence-electron chi connectivity index (χ0n) is 12.2. The smallest absolute Gasteiger partial charge is 0.471 e. The first-order valence-electron chi connectivity index (χ1n) is 7.37. The summed E-state index contributed by atoms with van der Waals surface area (Å²) < 4.78 is 54.1. The monoisotopic (exact) mass is 344 g/mol. The molecule has 1 aromatic carbocycles. The molecule has 1 unspecified atom stereocenters. The number of benzene rings is 1. The summed E-state index contributed by atoms with van der Waals surface area (Å²) in [7, 11) is 0. The molecule has 0 bridgehead atoms. The first kappa shape index (κ1) is 16.3. The highest BCUT2D eigenvalue weighted by molar-refractivity contribution is 7.92. The van der Waals surface area contributed by atoms with E-state index in [1.165, 1.54) is 6.42 Å². The van der Waals surface area contributed by atoms with Crippen LogP contribution in [-0.2, 0) is 17.4 Å². The van der Waals surface area contributed by atoms with Crippen LogP contribution in [0.5, 0.6) is 0 Å². The van der Waals surface area contributed by atoms with Crippen LogP contribution in [0.25, 0.3) is 11.4 Å². The first-order valence-corrected chi connectivity index (χ1v) is 8.58. The summed E-state index contributed by atoms with van der Waals surface area (Å²) in [5, 5.41) is 3.50. The number of alkyl halides is 3. The summed E-state index contributed by atoms with van der Waals surface area (Å²) >= 11 is -1.09. The van der Waals surface area contributed by atoms with E-state index in [2.05, 4.69) is 14.7 Å². The molecule has 1 aromatic heterocycles. The summed E-state index contributed by atoms with van der Waals surface area (Å²) in [6.07, 6.45) is 0.622. The van der Waals surface area contributed by atoms with E-state index in [1.807, 2.05) is 0 Å². The van der Waals surface area contributed by atoms with E-state index < -0.39 is 23.2 Å². The maximum Gasteiger partial charge on any atom is 0.471 e. The van der Waals surface area contributed by atoms with Crippen molar-refractivity contribution in [2.75, 3.05) is 0 Å². The minimum Gasteiger partial charge on any atom is -0.611 e. The van der Waals surface area contributed by atoms with Crippen molar-refractivity contribution in [1.29, 1.82) is 0 Å². The van der Waals surface area contributed by atoms with Gasteiger partial charge in [-0.25, -0.2) is 0 Å². The molecule has 2 aromatic rings. The van der Waals surface area contributed by atoms with Crippen molar-refractivity contribution < 1.29 is 22.2 Å². The highest BCUT2D eigenvalue weighted by atomic mass is 32.2. The van der Waals surface area contributed by atoms with Gasteiger partial charge in [-0.15, -0.1) is 0 Å². The molecule has 0 aliphatic heterocycles. The minimum atomic E-state index is -4.66. The van der Waals surface area contributed by atoms with Crippen LogP contribution >= 0.6 is 0 Å². The molecule has 0 amide bonds. The van der Waals surface area contributed by atoms with Crippen molar-refractivity contribution in [2.45, 2.75) is 48.4 Å². The minimum absolute atomic E-state index is 0.132. The van der Waals surface area contributed by atoms with Crippen LogP contribution in [0.4, 0.5) is 13.2 Å². The molecule has 0 N–H and O–H groups in total. The Kier molecular flexibility index (Phi) is 4.63. The number of hydrogen-bond donors (Lipinski definition) is 0. The molecule has 1 aliphatic carbocycles. The summed E-state index contributed by atoms with van der Waals surface area (Å²) in [5.41, 5.74) is 0.397. The zero-order chi connectivity index (χ0) is 16.4. The highest BCUT2D eigenvalue weighted by Crippen LogP contribution is 2.31. The predicted octanol–water partition coefficient (Wildman–Crippen LogP) is 4.20. The molecule has 23 heavy (non-hydrogen) atoms. The SMILES string of the molecule is [O-][S+](c1ccc(-c2noc(C(F)(F)F)n2)cc1)C1CCCCC1. The summed E-state index contributed by atoms with van der Waals surface area (Å²) in [4.78, 5) is 4.02. The Balaban J connectivity index is 1.75. The van der Waals surface area contributed by atoms with Crippen LogP contribution in [-0.4, -0.2) is 19.9 Å². The fourth-order valence-corrected chi connectivity index (χ4v) is 4.22. The van der Waals surface area contributed by atoms with E-state index >= 15 is 0 Å². The first-order chi connectivity index (χ1) is 10.9. The number of nitrogens with zero attached hydrogens (tertiary/aromatic N) is 2. The van der Waals surface area contributed by atoms with Crippen LogP contribution in [0.1, 0.15) is 38.0 Å². The molecule has 1 atom stereocenters. The predicted molar refractivity (Wildman–Crippen MR) is 78.0 cm³/mol. The lowest BCUT2D eigenvalue weighted by Crippen LogP contribution is -2.24. The maximum atomic E-state index is 12.5. The molecule has 0 saturated heterocycles. The molecule has 8 heteroatoms. The van der Waals surface area contributed by atoms with Crippen molar-refractivity contribution in [2.24, 2.45) is 0 Å². The average molecular weight is 344 g/mol. The van der Waals surface area contributed by atoms with E-state index in [4.69, 9.17) is 0 Å². The van der Waals surface area contributed by atoms with Gasteiger partial charge < -0.3 is 9.08 Å². The van der Waals surface area contributed by atoms with Gasteiger partial charge in [0.2, 0.25) is 5.82 Å². The van der Waals surface area contributed by atoms with Crippen LogP contribution < -0.4 is 0 Å². The molecule has 1 saturated carbocycles. The van der Waals surface area contributed by atoms with Gasteiger partial charge in [-0.2, -0.15) is 18.2 Å². The fourth-order valence-electron chi connectivity index (χ4n) is 2.67. The molecule has 1 heterocycles. The second kappa shape index (κ2) is 6.52. The molecule has 0 radical (unpaired) electrons. The second-order valence-corrected chi connectivity index (χ2v) is 7.24. The zero-order valence-corrected chi connectivity index (χ0v) is 13.0. The normalized spacial score (nSPS) is 18.1.